The van der Waals surface area contributed by atoms with E-state index in [1.807, 2.05) is 36.4 Å². The third-order valence-corrected chi connectivity index (χ3v) is 8.48. The highest BCUT2D eigenvalue weighted by Crippen LogP contribution is 2.56. The van der Waals surface area contributed by atoms with Gasteiger partial charge in [-0.05, 0) is 46.5 Å². The minimum absolute atomic E-state index is 0.197. The molecule has 196 valence electrons. The number of anilines is 3. The molecule has 4 nitrogen and oxygen atoms in total. The van der Waals surface area contributed by atoms with Gasteiger partial charge in [0.25, 0.3) is 0 Å². The van der Waals surface area contributed by atoms with Crippen LogP contribution < -0.4 is 4.90 Å². The lowest BCUT2D eigenvalue weighted by Gasteiger charge is -2.45. The van der Waals surface area contributed by atoms with E-state index in [0.29, 0.717) is 17.5 Å². The van der Waals surface area contributed by atoms with Crippen LogP contribution in [0.2, 0.25) is 0 Å². The van der Waals surface area contributed by atoms with Crippen molar-refractivity contribution >= 4 is 17.1 Å². The normalized spacial score (nSPS) is 14.1. The molecule has 4 heteroatoms. The van der Waals surface area contributed by atoms with Crippen molar-refractivity contribution in [1.29, 1.82) is 0 Å². The van der Waals surface area contributed by atoms with E-state index >= 15 is 0 Å². The third-order valence-electron chi connectivity index (χ3n) is 8.48. The van der Waals surface area contributed by atoms with Crippen LogP contribution in [-0.4, -0.2) is 15.0 Å². The van der Waals surface area contributed by atoms with E-state index in [-0.39, 0.29) is 5.41 Å². The molecular formula is C37H28N4. The van der Waals surface area contributed by atoms with Crippen molar-refractivity contribution in [2.45, 2.75) is 25.7 Å². The molecule has 0 fully saturated rings. The summed E-state index contributed by atoms with van der Waals surface area (Å²) < 4.78 is 0. The predicted octanol–water partition coefficient (Wildman–Crippen LogP) is 8.89. The molecule has 41 heavy (non-hydrogen) atoms. The molecule has 8 rings (SSSR count). The summed E-state index contributed by atoms with van der Waals surface area (Å²) >= 11 is 0. The standard InChI is InChI=1S/C37H28N4/c1-37(2)29-18-10-12-20-32(29)41-31-19-11-9-17-26(31)21-27-22-28(23-30(37)33(27)41)36-39-34(24-13-5-3-6-14-24)38-35(40-36)25-15-7-4-8-16-25/h3-20,22-23H,21H2,1-2H3. The van der Waals surface area contributed by atoms with Crippen LogP contribution in [0.15, 0.2) is 121 Å². The van der Waals surface area contributed by atoms with Gasteiger partial charge in [0.2, 0.25) is 0 Å². The second kappa shape index (κ2) is 8.97. The predicted molar refractivity (Wildman–Crippen MR) is 166 cm³/mol. The smallest absolute Gasteiger partial charge is 0.164 e. The number of nitrogens with zero attached hydrogens (tertiary/aromatic N) is 4. The number of hydrogen-bond donors (Lipinski definition) is 0. The third kappa shape index (κ3) is 3.71. The van der Waals surface area contributed by atoms with E-state index in [9.17, 15) is 0 Å². The Morgan fingerprint density at radius 2 is 1.05 bits per heavy atom. The summed E-state index contributed by atoms with van der Waals surface area (Å²) in [5, 5.41) is 0. The SMILES string of the molecule is CC1(C)c2ccccc2N2c3ccccc3Cc3cc(-c4nc(-c5ccccc5)nc(-c5ccccc5)n4)cc1c32. The van der Waals surface area contributed by atoms with Gasteiger partial charge >= 0.3 is 0 Å². The second-order valence-corrected chi connectivity index (χ2v) is 11.4. The second-order valence-electron chi connectivity index (χ2n) is 11.4. The Hall–Kier alpha value is -5.09. The summed E-state index contributed by atoms with van der Waals surface area (Å²) in [6.45, 7) is 4.67. The number of para-hydroxylation sites is 2. The molecule has 5 aromatic carbocycles. The van der Waals surface area contributed by atoms with E-state index in [1.54, 1.807) is 0 Å². The highest BCUT2D eigenvalue weighted by molar-refractivity contribution is 5.92. The first-order valence-corrected chi connectivity index (χ1v) is 14.1. The minimum atomic E-state index is -0.197. The zero-order valence-electron chi connectivity index (χ0n) is 23.0. The fourth-order valence-corrected chi connectivity index (χ4v) is 6.43. The van der Waals surface area contributed by atoms with E-state index in [1.165, 1.54) is 39.3 Å². The summed E-state index contributed by atoms with van der Waals surface area (Å²) in [5.74, 6) is 2.05. The summed E-state index contributed by atoms with van der Waals surface area (Å²) in [4.78, 5) is 17.5. The van der Waals surface area contributed by atoms with Crippen LogP contribution in [0, 0.1) is 0 Å². The molecule has 0 spiro atoms. The summed E-state index contributed by atoms with van der Waals surface area (Å²) in [6.07, 6.45) is 0.864. The summed E-state index contributed by atoms with van der Waals surface area (Å²) in [5.41, 5.74) is 11.8. The highest BCUT2D eigenvalue weighted by Gasteiger charge is 2.40. The van der Waals surface area contributed by atoms with Gasteiger partial charge < -0.3 is 4.90 Å². The summed E-state index contributed by atoms with van der Waals surface area (Å²) in [7, 11) is 0. The molecule has 0 unspecified atom stereocenters. The van der Waals surface area contributed by atoms with Crippen LogP contribution in [0.3, 0.4) is 0 Å². The van der Waals surface area contributed by atoms with Gasteiger partial charge in [-0.1, -0.05) is 111 Å². The van der Waals surface area contributed by atoms with Crippen molar-refractivity contribution in [3.63, 3.8) is 0 Å². The lowest BCUT2D eigenvalue weighted by Crippen LogP contribution is -2.33. The van der Waals surface area contributed by atoms with Gasteiger partial charge in [0.15, 0.2) is 17.5 Å². The number of fused-ring (bicyclic) bond motifs is 4. The maximum Gasteiger partial charge on any atom is 0.164 e. The molecule has 0 saturated heterocycles. The van der Waals surface area contributed by atoms with Gasteiger partial charge in [-0.2, -0.15) is 0 Å². The first-order chi connectivity index (χ1) is 20.1. The average molecular weight is 529 g/mol. The van der Waals surface area contributed by atoms with Gasteiger partial charge in [-0.3, -0.25) is 0 Å². The maximum atomic E-state index is 5.06. The number of benzene rings is 5. The van der Waals surface area contributed by atoms with Crippen LogP contribution in [0.1, 0.15) is 36.1 Å². The fraction of sp³-hybridized carbons (Fsp3) is 0.108. The monoisotopic (exact) mass is 528 g/mol. The number of aromatic nitrogens is 3. The van der Waals surface area contributed by atoms with Gasteiger partial charge in [-0.25, -0.2) is 15.0 Å². The number of rotatable bonds is 3. The van der Waals surface area contributed by atoms with E-state index in [4.69, 9.17) is 15.0 Å². The van der Waals surface area contributed by atoms with Crippen LogP contribution in [0.5, 0.6) is 0 Å². The molecule has 0 bridgehead atoms. The Morgan fingerprint density at radius 3 is 1.71 bits per heavy atom. The fourth-order valence-electron chi connectivity index (χ4n) is 6.43. The van der Waals surface area contributed by atoms with Crippen molar-refractivity contribution in [3.8, 4) is 34.2 Å². The Balaban J connectivity index is 1.39. The Bertz CT molecular complexity index is 1890. The molecule has 2 aliphatic rings. The van der Waals surface area contributed by atoms with Gasteiger partial charge in [0, 0.05) is 34.2 Å². The summed E-state index contributed by atoms with van der Waals surface area (Å²) in [6, 6.07) is 42.5. The van der Waals surface area contributed by atoms with E-state index in [0.717, 1.165) is 23.1 Å². The van der Waals surface area contributed by atoms with Crippen LogP contribution in [-0.2, 0) is 11.8 Å². The molecule has 0 N–H and O–H groups in total. The van der Waals surface area contributed by atoms with Crippen molar-refractivity contribution in [2.24, 2.45) is 0 Å². The zero-order chi connectivity index (χ0) is 27.6. The molecule has 6 aromatic rings. The first kappa shape index (κ1) is 23.8. The van der Waals surface area contributed by atoms with E-state index in [2.05, 4.69) is 104 Å². The molecule has 3 heterocycles. The molecule has 2 aliphatic heterocycles. The zero-order valence-corrected chi connectivity index (χ0v) is 23.0. The quantitative estimate of drug-likeness (QED) is 0.230. The lowest BCUT2D eigenvalue weighted by atomic mass is 9.71. The van der Waals surface area contributed by atoms with Crippen molar-refractivity contribution in [2.75, 3.05) is 4.90 Å². The maximum absolute atomic E-state index is 5.06. The highest BCUT2D eigenvalue weighted by atomic mass is 15.2. The van der Waals surface area contributed by atoms with Crippen molar-refractivity contribution in [3.05, 3.63) is 144 Å². The molecule has 0 atom stereocenters. The Kier molecular flexibility index (Phi) is 5.20. The van der Waals surface area contributed by atoms with Crippen molar-refractivity contribution < 1.29 is 0 Å². The van der Waals surface area contributed by atoms with Gasteiger partial charge in [0.05, 0.1) is 11.4 Å². The molecule has 0 amide bonds. The van der Waals surface area contributed by atoms with Crippen LogP contribution in [0.25, 0.3) is 34.2 Å². The largest absolute Gasteiger partial charge is 0.309 e. The molecule has 1 aromatic heterocycles. The Morgan fingerprint density at radius 1 is 0.512 bits per heavy atom. The molecule has 0 aliphatic carbocycles. The van der Waals surface area contributed by atoms with Crippen LogP contribution >= 0.6 is 0 Å². The molecule has 0 saturated carbocycles. The Labute approximate surface area is 240 Å². The average Bonchev–Trinajstić information content (AvgIpc) is 3.03. The first-order valence-electron chi connectivity index (χ1n) is 14.1. The van der Waals surface area contributed by atoms with Gasteiger partial charge in [-0.15, -0.1) is 0 Å². The minimum Gasteiger partial charge on any atom is -0.309 e. The molecular weight excluding hydrogens is 500 g/mol. The topological polar surface area (TPSA) is 41.9 Å². The molecule has 0 radical (unpaired) electrons. The van der Waals surface area contributed by atoms with Crippen molar-refractivity contribution in [1.82, 2.24) is 15.0 Å². The lowest BCUT2D eigenvalue weighted by molar-refractivity contribution is 0.629. The number of hydrogen-bond acceptors (Lipinski definition) is 4. The van der Waals surface area contributed by atoms with Gasteiger partial charge in [0.1, 0.15) is 0 Å². The van der Waals surface area contributed by atoms with Crippen LogP contribution in [0.4, 0.5) is 17.1 Å². The van der Waals surface area contributed by atoms with E-state index < -0.39 is 0 Å².